The Kier molecular flexibility index (Phi) is 5.84. The predicted molar refractivity (Wildman–Crippen MR) is 84.3 cm³/mol. The van der Waals surface area contributed by atoms with E-state index in [0.29, 0.717) is 0 Å². The molecule has 2 rings (SSSR count). The Morgan fingerprint density at radius 1 is 1.50 bits per heavy atom. The predicted octanol–water partition coefficient (Wildman–Crippen LogP) is 2.44. The van der Waals surface area contributed by atoms with Gasteiger partial charge in [-0.15, -0.1) is 0 Å². The van der Waals surface area contributed by atoms with E-state index >= 15 is 0 Å². The van der Waals surface area contributed by atoms with Crippen LogP contribution in [0.2, 0.25) is 0 Å². The van der Waals surface area contributed by atoms with Crippen LogP contribution in [0, 0.1) is 0 Å². The number of morpholine rings is 1. The minimum Gasteiger partial charge on any atom is -0.497 e. The van der Waals surface area contributed by atoms with E-state index < -0.39 is 0 Å². The van der Waals surface area contributed by atoms with Crippen molar-refractivity contribution in [3.63, 3.8) is 0 Å². The summed E-state index contributed by atoms with van der Waals surface area (Å²) in [4.78, 5) is 2.46. The number of hydrogen-bond acceptors (Lipinski definition) is 4. The van der Waals surface area contributed by atoms with Crippen LogP contribution in [0.1, 0.15) is 18.5 Å². The Balaban J connectivity index is 2.37. The first-order valence-electron chi connectivity index (χ1n) is 7.05. The van der Waals surface area contributed by atoms with Crippen molar-refractivity contribution < 1.29 is 9.47 Å². The SMILES string of the molecule is CCN1CCOC(CNC)C1c1cc(OC)ccc1Br. The fraction of sp³-hybridized carbons (Fsp3) is 0.600. The highest BCUT2D eigenvalue weighted by Crippen LogP contribution is 2.35. The quantitative estimate of drug-likeness (QED) is 0.891. The van der Waals surface area contributed by atoms with E-state index in [0.717, 1.165) is 36.5 Å². The van der Waals surface area contributed by atoms with E-state index in [9.17, 15) is 0 Å². The van der Waals surface area contributed by atoms with E-state index in [1.807, 2.05) is 19.2 Å². The minimum absolute atomic E-state index is 0.150. The molecule has 1 aliphatic rings. The van der Waals surface area contributed by atoms with Crippen molar-refractivity contribution in [3.8, 4) is 5.75 Å². The summed E-state index contributed by atoms with van der Waals surface area (Å²) < 4.78 is 12.5. The fourth-order valence-electron chi connectivity index (χ4n) is 2.79. The van der Waals surface area contributed by atoms with Crippen LogP contribution in [0.3, 0.4) is 0 Å². The summed E-state index contributed by atoms with van der Waals surface area (Å²) in [5, 5.41) is 3.23. The molecule has 0 bridgehead atoms. The summed E-state index contributed by atoms with van der Waals surface area (Å²) in [5.74, 6) is 0.882. The van der Waals surface area contributed by atoms with Gasteiger partial charge in [-0.05, 0) is 37.4 Å². The molecule has 1 heterocycles. The van der Waals surface area contributed by atoms with Gasteiger partial charge in [0.25, 0.3) is 0 Å². The average Bonchev–Trinajstić information content (AvgIpc) is 2.48. The van der Waals surface area contributed by atoms with E-state index in [1.54, 1.807) is 7.11 Å². The highest BCUT2D eigenvalue weighted by molar-refractivity contribution is 9.10. The second kappa shape index (κ2) is 7.41. The molecular weight excluding hydrogens is 320 g/mol. The molecule has 0 aliphatic carbocycles. The Morgan fingerprint density at radius 2 is 2.30 bits per heavy atom. The molecule has 1 aromatic rings. The van der Waals surface area contributed by atoms with Gasteiger partial charge in [-0.1, -0.05) is 22.9 Å². The van der Waals surface area contributed by atoms with Crippen LogP contribution in [0.5, 0.6) is 5.75 Å². The van der Waals surface area contributed by atoms with Crippen molar-refractivity contribution in [3.05, 3.63) is 28.2 Å². The molecule has 1 aliphatic heterocycles. The van der Waals surface area contributed by atoms with Gasteiger partial charge in [0.1, 0.15) is 5.75 Å². The van der Waals surface area contributed by atoms with Crippen LogP contribution in [-0.2, 0) is 4.74 Å². The largest absolute Gasteiger partial charge is 0.497 e. The van der Waals surface area contributed by atoms with Gasteiger partial charge in [0.15, 0.2) is 0 Å². The van der Waals surface area contributed by atoms with Crippen molar-refractivity contribution in [2.45, 2.75) is 19.1 Å². The van der Waals surface area contributed by atoms with Gasteiger partial charge in [-0.2, -0.15) is 0 Å². The number of hydrogen-bond donors (Lipinski definition) is 1. The molecule has 0 amide bonds. The summed E-state index contributed by atoms with van der Waals surface area (Å²) in [6.45, 7) is 5.80. The Bertz CT molecular complexity index is 440. The highest BCUT2D eigenvalue weighted by atomic mass is 79.9. The highest BCUT2D eigenvalue weighted by Gasteiger charge is 2.33. The zero-order valence-electron chi connectivity index (χ0n) is 12.4. The molecule has 0 spiro atoms. The molecule has 0 radical (unpaired) electrons. The Hall–Kier alpha value is -0.620. The van der Waals surface area contributed by atoms with Crippen LogP contribution in [0.25, 0.3) is 0 Å². The molecule has 0 aromatic heterocycles. The van der Waals surface area contributed by atoms with Crippen molar-refractivity contribution in [1.82, 2.24) is 10.2 Å². The molecule has 1 saturated heterocycles. The molecular formula is C15H23BrN2O2. The van der Waals surface area contributed by atoms with Gasteiger partial charge in [-0.25, -0.2) is 0 Å². The average molecular weight is 343 g/mol. The number of likely N-dealkylation sites (N-methyl/N-ethyl adjacent to an activating group) is 2. The maximum atomic E-state index is 5.98. The minimum atomic E-state index is 0.150. The first-order valence-corrected chi connectivity index (χ1v) is 7.84. The molecule has 20 heavy (non-hydrogen) atoms. The van der Waals surface area contributed by atoms with Gasteiger partial charge in [0, 0.05) is 17.6 Å². The van der Waals surface area contributed by atoms with Gasteiger partial charge >= 0.3 is 0 Å². The third-order valence-electron chi connectivity index (χ3n) is 3.79. The number of halogens is 1. The Morgan fingerprint density at radius 3 is 2.95 bits per heavy atom. The van der Waals surface area contributed by atoms with Gasteiger partial charge < -0.3 is 14.8 Å². The Labute approximate surface area is 129 Å². The molecule has 1 aromatic carbocycles. The third-order valence-corrected chi connectivity index (χ3v) is 4.51. The lowest BCUT2D eigenvalue weighted by Gasteiger charge is -2.41. The van der Waals surface area contributed by atoms with Crippen LogP contribution in [0.15, 0.2) is 22.7 Å². The summed E-state index contributed by atoms with van der Waals surface area (Å²) >= 11 is 3.67. The van der Waals surface area contributed by atoms with Gasteiger partial charge in [-0.3, -0.25) is 4.90 Å². The lowest BCUT2D eigenvalue weighted by molar-refractivity contribution is -0.0689. The molecule has 112 valence electrons. The van der Waals surface area contributed by atoms with Crippen molar-refractivity contribution in [2.24, 2.45) is 0 Å². The second-order valence-electron chi connectivity index (χ2n) is 4.93. The smallest absolute Gasteiger partial charge is 0.119 e. The van der Waals surface area contributed by atoms with E-state index in [4.69, 9.17) is 9.47 Å². The number of ether oxygens (including phenoxy) is 2. The maximum absolute atomic E-state index is 5.98. The van der Waals surface area contributed by atoms with E-state index in [2.05, 4.69) is 39.1 Å². The van der Waals surface area contributed by atoms with Gasteiger partial charge in [0.2, 0.25) is 0 Å². The number of rotatable bonds is 5. The molecule has 1 fully saturated rings. The second-order valence-corrected chi connectivity index (χ2v) is 5.78. The lowest BCUT2D eigenvalue weighted by atomic mass is 9.97. The summed E-state index contributed by atoms with van der Waals surface area (Å²) in [7, 11) is 3.67. The molecule has 2 atom stereocenters. The monoisotopic (exact) mass is 342 g/mol. The molecule has 0 saturated carbocycles. The molecule has 1 N–H and O–H groups in total. The normalized spacial score (nSPS) is 23.8. The standard InChI is InChI=1S/C15H23BrN2O2/c1-4-18-7-8-20-14(10-17-2)15(18)12-9-11(19-3)5-6-13(12)16/h5-6,9,14-15,17H,4,7-8,10H2,1-3H3. The van der Waals surface area contributed by atoms with Crippen LogP contribution in [-0.4, -0.2) is 51.4 Å². The number of benzene rings is 1. The zero-order chi connectivity index (χ0) is 14.5. The zero-order valence-corrected chi connectivity index (χ0v) is 13.9. The van der Waals surface area contributed by atoms with E-state index in [-0.39, 0.29) is 12.1 Å². The third kappa shape index (κ3) is 3.34. The molecule has 4 nitrogen and oxygen atoms in total. The number of nitrogens with zero attached hydrogens (tertiary/aromatic N) is 1. The van der Waals surface area contributed by atoms with Crippen LogP contribution in [0.4, 0.5) is 0 Å². The summed E-state index contributed by atoms with van der Waals surface area (Å²) in [6.07, 6.45) is 0.150. The van der Waals surface area contributed by atoms with Crippen molar-refractivity contribution >= 4 is 15.9 Å². The molecule has 5 heteroatoms. The lowest BCUT2D eigenvalue weighted by Crippen LogP contribution is -2.48. The maximum Gasteiger partial charge on any atom is 0.119 e. The first-order chi connectivity index (χ1) is 9.71. The van der Waals surface area contributed by atoms with Crippen molar-refractivity contribution in [2.75, 3.05) is 40.4 Å². The van der Waals surface area contributed by atoms with Crippen LogP contribution >= 0.6 is 15.9 Å². The first kappa shape index (κ1) is 15.8. The summed E-state index contributed by atoms with van der Waals surface area (Å²) in [5.41, 5.74) is 1.23. The topological polar surface area (TPSA) is 33.7 Å². The number of methoxy groups -OCH3 is 1. The molecule has 2 unspecified atom stereocenters. The van der Waals surface area contributed by atoms with Crippen LogP contribution < -0.4 is 10.1 Å². The fourth-order valence-corrected chi connectivity index (χ4v) is 3.27. The van der Waals surface area contributed by atoms with Gasteiger partial charge in [0.05, 0.1) is 25.9 Å². The number of nitrogens with one attached hydrogen (secondary N) is 1. The van der Waals surface area contributed by atoms with Crippen molar-refractivity contribution in [1.29, 1.82) is 0 Å². The van der Waals surface area contributed by atoms with E-state index in [1.165, 1.54) is 5.56 Å². The summed E-state index contributed by atoms with van der Waals surface area (Å²) in [6, 6.07) is 6.37.